The minimum absolute atomic E-state index is 0.0232. The first-order valence-corrected chi connectivity index (χ1v) is 9.66. The molecule has 23 heavy (non-hydrogen) atoms. The molecule has 6 heteroatoms. The largest absolute Gasteiger partial charge is 0.329 e. The van der Waals surface area contributed by atoms with Crippen molar-refractivity contribution in [3.63, 3.8) is 0 Å². The van der Waals surface area contributed by atoms with Crippen molar-refractivity contribution in [2.24, 2.45) is 11.7 Å². The van der Waals surface area contributed by atoms with Gasteiger partial charge in [-0.2, -0.15) is 4.31 Å². The number of nitrogens with two attached hydrogens (primary N) is 1. The molecule has 0 bridgehead atoms. The van der Waals surface area contributed by atoms with Gasteiger partial charge >= 0.3 is 0 Å². The quantitative estimate of drug-likeness (QED) is 0.930. The van der Waals surface area contributed by atoms with E-state index in [1.54, 1.807) is 10.5 Å². The number of rotatable bonds is 4. The van der Waals surface area contributed by atoms with Crippen LogP contribution in [0, 0.1) is 5.92 Å². The van der Waals surface area contributed by atoms with Gasteiger partial charge in [0.15, 0.2) is 0 Å². The Morgan fingerprint density at radius 1 is 1.30 bits per heavy atom. The molecule has 1 aliphatic rings. The lowest BCUT2D eigenvalue weighted by Gasteiger charge is -2.38. The van der Waals surface area contributed by atoms with Gasteiger partial charge in [0.25, 0.3) is 0 Å². The molecule has 3 rings (SSSR count). The third kappa shape index (κ3) is 3.24. The van der Waals surface area contributed by atoms with Crippen LogP contribution >= 0.6 is 0 Å². The zero-order chi connectivity index (χ0) is 16.4. The molecule has 1 fully saturated rings. The van der Waals surface area contributed by atoms with E-state index >= 15 is 0 Å². The highest BCUT2D eigenvalue weighted by Gasteiger charge is 2.35. The summed E-state index contributed by atoms with van der Waals surface area (Å²) in [5, 5.41) is 0.961. The van der Waals surface area contributed by atoms with Gasteiger partial charge in [-0.05, 0) is 30.4 Å². The van der Waals surface area contributed by atoms with Crippen LogP contribution in [0.4, 0.5) is 0 Å². The van der Waals surface area contributed by atoms with Gasteiger partial charge < -0.3 is 5.73 Å². The van der Waals surface area contributed by atoms with E-state index in [4.69, 9.17) is 5.73 Å². The molecule has 0 radical (unpaired) electrons. The van der Waals surface area contributed by atoms with E-state index in [-0.39, 0.29) is 11.8 Å². The lowest BCUT2D eigenvalue weighted by Crippen LogP contribution is -2.51. The Morgan fingerprint density at radius 2 is 2.09 bits per heavy atom. The third-order valence-electron chi connectivity index (χ3n) is 4.72. The van der Waals surface area contributed by atoms with Crippen LogP contribution in [0.2, 0.25) is 0 Å². The highest BCUT2D eigenvalue weighted by atomic mass is 32.2. The Bertz CT molecular complexity index is 786. The Kier molecular flexibility index (Phi) is 4.66. The fourth-order valence-corrected chi connectivity index (χ4v) is 5.38. The Hall–Kier alpha value is -1.50. The lowest BCUT2D eigenvalue weighted by molar-refractivity contribution is 0.192. The van der Waals surface area contributed by atoms with E-state index in [0.29, 0.717) is 19.0 Å². The molecule has 0 amide bonds. The summed E-state index contributed by atoms with van der Waals surface area (Å²) >= 11 is 0. The predicted octanol–water partition coefficient (Wildman–Crippen LogP) is 2.12. The number of aromatic nitrogens is 1. The maximum Gasteiger partial charge on any atom is 0.218 e. The van der Waals surface area contributed by atoms with Crippen molar-refractivity contribution >= 4 is 20.9 Å². The van der Waals surface area contributed by atoms with Gasteiger partial charge in [-0.1, -0.05) is 31.2 Å². The summed E-state index contributed by atoms with van der Waals surface area (Å²) in [6, 6.07) is 9.38. The molecular formula is C17H23N3O2S. The number of pyridine rings is 1. The normalized spacial score (nSPS) is 23.2. The van der Waals surface area contributed by atoms with Crippen LogP contribution < -0.4 is 5.73 Å². The number of hydrogen-bond acceptors (Lipinski definition) is 4. The molecule has 2 atom stereocenters. The van der Waals surface area contributed by atoms with E-state index in [1.807, 2.05) is 30.3 Å². The number of hydrogen-bond donors (Lipinski definition) is 1. The van der Waals surface area contributed by atoms with Crippen LogP contribution in [0.25, 0.3) is 10.9 Å². The van der Waals surface area contributed by atoms with Crippen molar-refractivity contribution in [3.05, 3.63) is 42.1 Å². The molecule has 124 valence electrons. The topological polar surface area (TPSA) is 76.3 Å². The van der Waals surface area contributed by atoms with Gasteiger partial charge in [-0.25, -0.2) is 8.42 Å². The van der Waals surface area contributed by atoms with Gasteiger partial charge in [0.1, 0.15) is 0 Å². The molecule has 5 nitrogen and oxygen atoms in total. The molecule has 2 heterocycles. The summed E-state index contributed by atoms with van der Waals surface area (Å²) in [5.74, 6) is 0.277. The average molecular weight is 333 g/mol. The van der Waals surface area contributed by atoms with Gasteiger partial charge in [-0.3, -0.25) is 4.98 Å². The van der Waals surface area contributed by atoms with E-state index in [2.05, 4.69) is 11.9 Å². The van der Waals surface area contributed by atoms with Crippen molar-refractivity contribution in [3.8, 4) is 0 Å². The molecule has 0 spiro atoms. The number of para-hydroxylation sites is 1. The maximum atomic E-state index is 13.0. The highest BCUT2D eigenvalue weighted by Crippen LogP contribution is 2.28. The summed E-state index contributed by atoms with van der Waals surface area (Å²) in [6.07, 6.45) is 3.62. The van der Waals surface area contributed by atoms with Crippen molar-refractivity contribution in [2.75, 3.05) is 13.1 Å². The second-order valence-electron chi connectivity index (χ2n) is 6.28. The number of sulfonamides is 1. The predicted molar refractivity (Wildman–Crippen MR) is 92.3 cm³/mol. The van der Waals surface area contributed by atoms with E-state index < -0.39 is 10.0 Å². The summed E-state index contributed by atoms with van der Waals surface area (Å²) in [4.78, 5) is 4.36. The van der Waals surface area contributed by atoms with Gasteiger partial charge in [-0.15, -0.1) is 0 Å². The monoisotopic (exact) mass is 333 g/mol. The van der Waals surface area contributed by atoms with E-state index in [9.17, 15) is 8.42 Å². The van der Waals surface area contributed by atoms with Gasteiger partial charge in [0.05, 0.1) is 11.3 Å². The highest BCUT2D eigenvalue weighted by molar-refractivity contribution is 7.88. The second kappa shape index (κ2) is 6.55. The Morgan fingerprint density at radius 3 is 2.87 bits per heavy atom. The minimum Gasteiger partial charge on any atom is -0.329 e. The molecule has 0 aliphatic carbocycles. The molecule has 1 aromatic heterocycles. The summed E-state index contributed by atoms with van der Waals surface area (Å²) < 4.78 is 27.5. The van der Waals surface area contributed by atoms with Gasteiger partial charge in [0, 0.05) is 30.7 Å². The van der Waals surface area contributed by atoms with Crippen LogP contribution in [-0.2, 0) is 15.8 Å². The first-order valence-electron chi connectivity index (χ1n) is 8.05. The summed E-state index contributed by atoms with van der Waals surface area (Å²) in [7, 11) is -3.41. The zero-order valence-electron chi connectivity index (χ0n) is 13.4. The Balaban J connectivity index is 1.94. The zero-order valence-corrected chi connectivity index (χ0v) is 14.2. The summed E-state index contributed by atoms with van der Waals surface area (Å²) in [5.41, 5.74) is 7.35. The standard InChI is InChI=1S/C17H23N3O2S/c1-13-5-4-10-20(16(13)11-18)23(21,22)12-15-7-2-6-14-8-3-9-19-17(14)15/h2-3,6-9,13,16H,4-5,10-12,18H2,1H3/t13-,16-/m1/s1. The SMILES string of the molecule is C[C@@H]1CCCN(S(=O)(=O)Cc2cccc3cccnc23)[C@@H]1CN. The molecule has 2 N–H and O–H groups in total. The Labute approximate surface area is 137 Å². The molecular weight excluding hydrogens is 310 g/mol. The second-order valence-corrected chi connectivity index (χ2v) is 8.20. The molecule has 1 saturated heterocycles. The number of piperidine rings is 1. The minimum atomic E-state index is -3.41. The fourth-order valence-electron chi connectivity index (χ4n) is 3.47. The number of fused-ring (bicyclic) bond motifs is 1. The number of benzene rings is 1. The maximum absolute atomic E-state index is 13.0. The average Bonchev–Trinajstić information content (AvgIpc) is 2.54. The first-order chi connectivity index (χ1) is 11.0. The van der Waals surface area contributed by atoms with Crippen molar-refractivity contribution in [1.82, 2.24) is 9.29 Å². The van der Waals surface area contributed by atoms with Crippen molar-refractivity contribution < 1.29 is 8.42 Å². The molecule has 1 aliphatic heterocycles. The fraction of sp³-hybridized carbons (Fsp3) is 0.471. The lowest BCUT2D eigenvalue weighted by atomic mass is 9.93. The van der Waals surface area contributed by atoms with Gasteiger partial charge in [0.2, 0.25) is 10.0 Å². The molecule has 0 unspecified atom stereocenters. The number of nitrogens with zero attached hydrogens (tertiary/aromatic N) is 2. The van der Waals surface area contributed by atoms with E-state index in [1.165, 1.54) is 0 Å². The van der Waals surface area contributed by atoms with Crippen molar-refractivity contribution in [1.29, 1.82) is 0 Å². The third-order valence-corrected chi connectivity index (χ3v) is 6.56. The molecule has 0 saturated carbocycles. The van der Waals surface area contributed by atoms with Crippen LogP contribution in [0.3, 0.4) is 0 Å². The van der Waals surface area contributed by atoms with Crippen LogP contribution in [0.15, 0.2) is 36.5 Å². The van der Waals surface area contributed by atoms with Crippen LogP contribution in [0.1, 0.15) is 25.3 Å². The summed E-state index contributed by atoms with van der Waals surface area (Å²) in [6.45, 7) is 3.01. The smallest absolute Gasteiger partial charge is 0.218 e. The molecule has 1 aromatic carbocycles. The first kappa shape index (κ1) is 16.4. The van der Waals surface area contributed by atoms with Crippen LogP contribution in [0.5, 0.6) is 0 Å². The molecule has 2 aromatic rings. The van der Waals surface area contributed by atoms with E-state index in [0.717, 1.165) is 29.3 Å². The van der Waals surface area contributed by atoms with Crippen molar-refractivity contribution in [2.45, 2.75) is 31.6 Å². The van der Waals surface area contributed by atoms with Crippen LogP contribution in [-0.4, -0.2) is 36.8 Å².